The third kappa shape index (κ3) is 2.41. The van der Waals surface area contributed by atoms with Gasteiger partial charge >= 0.3 is 0 Å². The van der Waals surface area contributed by atoms with Crippen molar-refractivity contribution in [2.45, 2.75) is 19.3 Å². The zero-order chi connectivity index (χ0) is 14.9. The Kier molecular flexibility index (Phi) is 3.65. The van der Waals surface area contributed by atoms with Gasteiger partial charge in [0.25, 0.3) is 0 Å². The van der Waals surface area contributed by atoms with Gasteiger partial charge in [0, 0.05) is 6.54 Å². The van der Waals surface area contributed by atoms with Crippen LogP contribution in [0.15, 0.2) is 30.9 Å². The van der Waals surface area contributed by atoms with E-state index in [0.717, 1.165) is 19.3 Å². The molecule has 3 N–H and O–H groups in total. The summed E-state index contributed by atoms with van der Waals surface area (Å²) >= 11 is 6.24. The number of amides is 1. The molecule has 1 aromatic heterocycles. The van der Waals surface area contributed by atoms with Crippen LogP contribution in [0.2, 0.25) is 5.02 Å². The Bertz CT molecular complexity index is 646. The molecule has 0 atom stereocenters. The van der Waals surface area contributed by atoms with Gasteiger partial charge in [-0.2, -0.15) is 5.10 Å². The quantitative estimate of drug-likeness (QED) is 0.904. The predicted molar refractivity (Wildman–Crippen MR) is 80.3 cm³/mol. The maximum atomic E-state index is 12.5. The van der Waals surface area contributed by atoms with E-state index in [1.807, 2.05) is 0 Å². The van der Waals surface area contributed by atoms with Gasteiger partial charge in [-0.3, -0.25) is 4.79 Å². The van der Waals surface area contributed by atoms with Crippen molar-refractivity contribution in [1.82, 2.24) is 14.8 Å². The van der Waals surface area contributed by atoms with Crippen molar-refractivity contribution in [3.05, 3.63) is 35.9 Å². The number of carbonyl (C=O) groups excluding carboxylic acids is 1. The molecule has 3 rings (SSSR count). The highest BCUT2D eigenvalue weighted by atomic mass is 35.5. The number of anilines is 1. The zero-order valence-electron chi connectivity index (χ0n) is 11.4. The summed E-state index contributed by atoms with van der Waals surface area (Å²) in [7, 11) is 0. The highest BCUT2D eigenvalue weighted by Crippen LogP contribution is 2.41. The Hall–Kier alpha value is -1.92. The summed E-state index contributed by atoms with van der Waals surface area (Å²) in [5.74, 6) is -0.0557. The highest BCUT2D eigenvalue weighted by Gasteiger charge is 2.43. The third-order valence-corrected chi connectivity index (χ3v) is 4.37. The topological polar surface area (TPSA) is 85.8 Å². The first-order valence-electron chi connectivity index (χ1n) is 6.81. The molecule has 110 valence electrons. The van der Waals surface area contributed by atoms with Crippen molar-refractivity contribution >= 4 is 23.2 Å². The van der Waals surface area contributed by atoms with Crippen LogP contribution < -0.4 is 11.1 Å². The number of carbonyl (C=O) groups is 1. The molecule has 0 spiro atoms. The maximum Gasteiger partial charge on any atom is 0.231 e. The van der Waals surface area contributed by atoms with Crippen molar-refractivity contribution < 1.29 is 4.79 Å². The number of nitrogens with one attached hydrogen (secondary N) is 1. The number of hydrogen-bond acceptors (Lipinski definition) is 4. The maximum absolute atomic E-state index is 12.5. The molecule has 1 amide bonds. The van der Waals surface area contributed by atoms with Gasteiger partial charge in [-0.05, 0) is 25.0 Å². The van der Waals surface area contributed by atoms with Gasteiger partial charge in [-0.25, -0.2) is 9.67 Å². The molecule has 1 aliphatic rings. The van der Waals surface area contributed by atoms with E-state index in [9.17, 15) is 4.79 Å². The minimum atomic E-state index is -0.443. The molecule has 7 heteroatoms. The molecule has 0 saturated heterocycles. The smallest absolute Gasteiger partial charge is 0.231 e. The number of hydrogen-bond donors (Lipinski definition) is 2. The molecular formula is C14H16ClN5O. The van der Waals surface area contributed by atoms with Crippen LogP contribution in [0.5, 0.6) is 0 Å². The lowest BCUT2D eigenvalue weighted by molar-refractivity contribution is -0.129. The minimum Gasteiger partial charge on any atom is -0.329 e. The molecule has 0 unspecified atom stereocenters. The van der Waals surface area contributed by atoms with Crippen LogP contribution in [0.25, 0.3) is 5.69 Å². The fraction of sp³-hybridized carbons (Fsp3) is 0.357. The van der Waals surface area contributed by atoms with Gasteiger partial charge in [0.05, 0.1) is 16.1 Å². The van der Waals surface area contributed by atoms with E-state index in [1.165, 1.54) is 11.0 Å². The molecule has 1 aliphatic carbocycles. The van der Waals surface area contributed by atoms with Crippen LogP contribution in [-0.2, 0) is 4.79 Å². The first-order chi connectivity index (χ1) is 10.2. The Morgan fingerprint density at radius 1 is 1.48 bits per heavy atom. The summed E-state index contributed by atoms with van der Waals surface area (Å²) in [5, 5.41) is 7.51. The molecule has 1 heterocycles. The summed E-state index contributed by atoms with van der Waals surface area (Å²) in [4.78, 5) is 16.4. The number of aromatic nitrogens is 3. The second-order valence-electron chi connectivity index (χ2n) is 5.27. The molecule has 2 aromatic rings. The van der Waals surface area contributed by atoms with Gasteiger partial charge in [0.1, 0.15) is 18.3 Å². The van der Waals surface area contributed by atoms with Crippen LogP contribution >= 0.6 is 11.6 Å². The number of halogens is 1. The second kappa shape index (κ2) is 5.46. The molecular weight excluding hydrogens is 290 g/mol. The Morgan fingerprint density at radius 3 is 2.86 bits per heavy atom. The van der Waals surface area contributed by atoms with E-state index in [4.69, 9.17) is 17.3 Å². The summed E-state index contributed by atoms with van der Waals surface area (Å²) in [6.07, 6.45) is 5.65. The largest absolute Gasteiger partial charge is 0.329 e. The SMILES string of the molecule is NCC1(C(=O)Nc2cccc(Cl)c2-n2cncn2)CCC1. The van der Waals surface area contributed by atoms with Gasteiger partial charge in [0.15, 0.2) is 0 Å². The van der Waals surface area contributed by atoms with Gasteiger partial charge in [-0.15, -0.1) is 0 Å². The lowest BCUT2D eigenvalue weighted by atomic mass is 9.68. The van der Waals surface area contributed by atoms with Crippen molar-refractivity contribution in [2.75, 3.05) is 11.9 Å². The van der Waals surface area contributed by atoms with Crippen LogP contribution in [0.3, 0.4) is 0 Å². The molecule has 21 heavy (non-hydrogen) atoms. The van der Waals surface area contributed by atoms with Crippen LogP contribution in [0.4, 0.5) is 5.69 Å². The number of nitrogens with zero attached hydrogens (tertiary/aromatic N) is 3. The first-order valence-corrected chi connectivity index (χ1v) is 7.19. The second-order valence-corrected chi connectivity index (χ2v) is 5.68. The van der Waals surface area contributed by atoms with Crippen molar-refractivity contribution in [3.8, 4) is 5.69 Å². The van der Waals surface area contributed by atoms with Gasteiger partial charge in [0.2, 0.25) is 5.91 Å². The lowest BCUT2D eigenvalue weighted by Gasteiger charge is -2.39. The van der Waals surface area contributed by atoms with E-state index in [1.54, 1.807) is 24.5 Å². The molecule has 0 radical (unpaired) electrons. The van der Waals surface area contributed by atoms with Gasteiger partial charge in [-0.1, -0.05) is 24.1 Å². The number of para-hydroxylation sites is 1. The van der Waals surface area contributed by atoms with Crippen molar-refractivity contribution in [1.29, 1.82) is 0 Å². The normalized spacial score (nSPS) is 16.3. The molecule has 1 saturated carbocycles. The average Bonchev–Trinajstić information content (AvgIpc) is 2.92. The Labute approximate surface area is 127 Å². The van der Waals surface area contributed by atoms with Crippen LogP contribution in [0.1, 0.15) is 19.3 Å². The van der Waals surface area contributed by atoms with Crippen LogP contribution in [-0.4, -0.2) is 27.2 Å². The van der Waals surface area contributed by atoms with E-state index in [0.29, 0.717) is 22.9 Å². The number of nitrogens with two attached hydrogens (primary N) is 1. The zero-order valence-corrected chi connectivity index (χ0v) is 12.2. The van der Waals surface area contributed by atoms with Crippen molar-refractivity contribution in [3.63, 3.8) is 0 Å². The summed E-state index contributed by atoms with van der Waals surface area (Å²) < 4.78 is 1.54. The third-order valence-electron chi connectivity index (χ3n) is 4.07. The standard InChI is InChI=1S/C14H16ClN5O/c15-10-3-1-4-11(12(10)20-9-17-8-18-20)19-13(21)14(7-16)5-2-6-14/h1,3-4,8-9H,2,5-7,16H2,(H,19,21). The first kappa shape index (κ1) is 14.0. The lowest BCUT2D eigenvalue weighted by Crippen LogP contribution is -2.47. The van der Waals surface area contributed by atoms with Gasteiger partial charge < -0.3 is 11.1 Å². The predicted octanol–water partition coefficient (Wildman–Crippen LogP) is 1.99. The van der Waals surface area contributed by atoms with E-state index in [-0.39, 0.29) is 5.91 Å². The molecule has 0 bridgehead atoms. The molecule has 1 fully saturated rings. The molecule has 6 nitrogen and oxygen atoms in total. The number of rotatable bonds is 4. The fourth-order valence-electron chi connectivity index (χ4n) is 2.56. The van der Waals surface area contributed by atoms with Crippen LogP contribution in [0, 0.1) is 5.41 Å². The van der Waals surface area contributed by atoms with E-state index >= 15 is 0 Å². The van der Waals surface area contributed by atoms with E-state index < -0.39 is 5.41 Å². The Balaban J connectivity index is 1.93. The monoisotopic (exact) mass is 305 g/mol. The summed E-state index contributed by atoms with van der Waals surface area (Å²) in [6.45, 7) is 0.359. The highest BCUT2D eigenvalue weighted by molar-refractivity contribution is 6.33. The summed E-state index contributed by atoms with van der Waals surface area (Å²) in [6, 6.07) is 5.33. The Morgan fingerprint density at radius 2 is 2.29 bits per heavy atom. The fourth-order valence-corrected chi connectivity index (χ4v) is 2.82. The summed E-state index contributed by atoms with van der Waals surface area (Å²) in [5.41, 5.74) is 6.55. The molecule has 1 aromatic carbocycles. The minimum absolute atomic E-state index is 0.0557. The van der Waals surface area contributed by atoms with E-state index in [2.05, 4.69) is 15.4 Å². The number of benzene rings is 1. The average molecular weight is 306 g/mol. The van der Waals surface area contributed by atoms with Crippen molar-refractivity contribution in [2.24, 2.45) is 11.1 Å². The molecule has 0 aliphatic heterocycles.